The highest BCUT2D eigenvalue weighted by Crippen LogP contribution is 2.18. The molecule has 0 aliphatic carbocycles. The molecule has 134 valence electrons. The monoisotopic (exact) mass is 369 g/mol. The fourth-order valence-corrected chi connectivity index (χ4v) is 2.83. The van der Waals surface area contributed by atoms with Crippen molar-refractivity contribution in [1.82, 2.24) is 9.88 Å². The van der Waals surface area contributed by atoms with Crippen molar-refractivity contribution in [3.63, 3.8) is 0 Å². The number of carbonyl (C=O) groups is 2. The van der Waals surface area contributed by atoms with Gasteiger partial charge < -0.3 is 15.0 Å². The Labute approximate surface area is 147 Å². The first-order valence-corrected chi connectivity index (χ1v) is 8.36. The average molecular weight is 369 g/mol. The Balaban J connectivity index is 2.09. The predicted octanol–water partition coefficient (Wildman–Crippen LogP) is 3.65. The van der Waals surface area contributed by atoms with E-state index in [2.05, 4.69) is 15.0 Å². The lowest BCUT2D eigenvalue weighted by atomic mass is 10.3. The second-order valence-corrected chi connectivity index (χ2v) is 6.04. The number of nitrogens with zero attached hydrogens (tertiary/aromatic N) is 2. The minimum atomic E-state index is -0.855. The number of anilines is 1. The molecule has 2 aromatic rings. The zero-order valence-corrected chi connectivity index (χ0v) is 14.5. The largest absolute Gasteiger partial charge is 0.464 e. The van der Waals surface area contributed by atoms with E-state index in [4.69, 9.17) is 0 Å². The molecule has 2 rings (SSSR count). The van der Waals surface area contributed by atoms with E-state index >= 15 is 0 Å². The summed E-state index contributed by atoms with van der Waals surface area (Å²) in [6.45, 7) is 2.45. The third-order valence-corrected chi connectivity index (χ3v) is 4.06. The minimum absolute atomic E-state index is 0.109. The molecule has 0 saturated heterocycles. The van der Waals surface area contributed by atoms with Gasteiger partial charge in [0.2, 0.25) is 0 Å². The fourth-order valence-electron chi connectivity index (χ4n) is 2.05. The van der Waals surface area contributed by atoms with Crippen molar-refractivity contribution in [2.75, 3.05) is 19.0 Å². The molecule has 1 aromatic carbocycles. The van der Waals surface area contributed by atoms with E-state index in [-0.39, 0.29) is 17.9 Å². The molecule has 0 spiro atoms. The molecular weight excluding hydrogens is 352 g/mol. The van der Waals surface area contributed by atoms with Crippen LogP contribution in [-0.2, 0) is 11.3 Å². The van der Waals surface area contributed by atoms with Crippen molar-refractivity contribution < 1.29 is 23.1 Å². The third-order valence-electron chi connectivity index (χ3n) is 3.23. The molecule has 0 saturated carbocycles. The topological polar surface area (TPSA) is 71.5 Å². The van der Waals surface area contributed by atoms with Crippen molar-refractivity contribution in [2.24, 2.45) is 0 Å². The van der Waals surface area contributed by atoms with E-state index in [0.29, 0.717) is 24.0 Å². The molecule has 6 nitrogen and oxygen atoms in total. The number of ether oxygens (including phenoxy) is 1. The Kier molecular flexibility index (Phi) is 6.40. The highest BCUT2D eigenvalue weighted by Gasteiger charge is 2.18. The molecule has 1 N–H and O–H groups in total. The number of thiazole rings is 1. The number of urea groups is 1. The van der Waals surface area contributed by atoms with Crippen LogP contribution in [-0.4, -0.2) is 35.5 Å². The first-order valence-electron chi connectivity index (χ1n) is 7.48. The zero-order chi connectivity index (χ0) is 18.4. The summed E-state index contributed by atoms with van der Waals surface area (Å²) in [5, 5.41) is 4.50. The molecular formula is C16H17F2N3O3S. The van der Waals surface area contributed by atoms with E-state index in [1.807, 2.05) is 6.92 Å². The Bertz CT molecular complexity index is 767. The second kappa shape index (κ2) is 8.52. The van der Waals surface area contributed by atoms with Gasteiger partial charge >= 0.3 is 12.0 Å². The van der Waals surface area contributed by atoms with E-state index in [0.717, 1.165) is 12.1 Å². The maximum absolute atomic E-state index is 13.7. The van der Waals surface area contributed by atoms with Crippen LogP contribution in [0.5, 0.6) is 0 Å². The Morgan fingerprint density at radius 3 is 2.76 bits per heavy atom. The highest BCUT2D eigenvalue weighted by atomic mass is 32.1. The summed E-state index contributed by atoms with van der Waals surface area (Å²) >= 11 is 1.22. The summed E-state index contributed by atoms with van der Waals surface area (Å²) in [7, 11) is 1.26. The number of benzene rings is 1. The molecule has 1 heterocycles. The van der Waals surface area contributed by atoms with Crippen LogP contribution < -0.4 is 5.32 Å². The number of carbonyl (C=O) groups excluding carboxylic acids is 2. The van der Waals surface area contributed by atoms with Crippen LogP contribution in [0.3, 0.4) is 0 Å². The van der Waals surface area contributed by atoms with Gasteiger partial charge in [0, 0.05) is 18.0 Å². The number of aromatic nitrogens is 1. The van der Waals surface area contributed by atoms with Crippen molar-refractivity contribution in [3.05, 3.63) is 45.9 Å². The molecule has 0 bridgehead atoms. The van der Waals surface area contributed by atoms with E-state index in [9.17, 15) is 18.4 Å². The summed E-state index contributed by atoms with van der Waals surface area (Å²) in [6, 6.07) is 2.38. The normalized spacial score (nSPS) is 10.4. The average Bonchev–Trinajstić information content (AvgIpc) is 3.05. The maximum atomic E-state index is 13.7. The number of nitrogens with one attached hydrogen (secondary N) is 1. The van der Waals surface area contributed by atoms with Crippen LogP contribution in [0.25, 0.3) is 0 Å². The van der Waals surface area contributed by atoms with Crippen LogP contribution in [0.2, 0.25) is 0 Å². The Morgan fingerprint density at radius 2 is 2.12 bits per heavy atom. The van der Waals surface area contributed by atoms with Crippen LogP contribution in [0.1, 0.15) is 28.8 Å². The van der Waals surface area contributed by atoms with E-state index in [1.165, 1.54) is 23.3 Å². The molecule has 0 unspecified atom stereocenters. The quantitative estimate of drug-likeness (QED) is 0.789. The number of methoxy groups -OCH3 is 1. The number of amides is 2. The number of halogens is 2. The standard InChI is InChI=1S/C16H17F2N3O3S/c1-3-6-21(8-14-19-13(9-25-14)15(22)24-2)16(23)20-12-5-4-10(17)7-11(12)18/h4-5,7,9H,3,6,8H2,1-2H3,(H,20,23). The summed E-state index contributed by atoms with van der Waals surface area (Å²) in [5.74, 6) is -2.13. The maximum Gasteiger partial charge on any atom is 0.357 e. The van der Waals surface area contributed by atoms with Crippen molar-refractivity contribution in [1.29, 1.82) is 0 Å². The molecule has 9 heteroatoms. The molecule has 0 aliphatic rings. The van der Waals surface area contributed by atoms with Gasteiger partial charge in [0.1, 0.15) is 16.6 Å². The summed E-state index contributed by atoms with van der Waals surface area (Å²) in [6.07, 6.45) is 0.675. The van der Waals surface area contributed by atoms with Gasteiger partial charge in [0.05, 0.1) is 19.3 Å². The predicted molar refractivity (Wildman–Crippen MR) is 89.5 cm³/mol. The molecule has 25 heavy (non-hydrogen) atoms. The van der Waals surface area contributed by atoms with E-state index < -0.39 is 23.6 Å². The summed E-state index contributed by atoms with van der Waals surface area (Å²) < 4.78 is 31.2. The smallest absolute Gasteiger partial charge is 0.357 e. The Morgan fingerprint density at radius 1 is 1.36 bits per heavy atom. The lowest BCUT2D eigenvalue weighted by Crippen LogP contribution is -2.35. The van der Waals surface area contributed by atoms with Gasteiger partial charge in [-0.2, -0.15) is 0 Å². The lowest BCUT2D eigenvalue weighted by Gasteiger charge is -2.21. The van der Waals surface area contributed by atoms with Crippen LogP contribution in [0.15, 0.2) is 23.6 Å². The number of esters is 1. The molecule has 1 aromatic heterocycles. The number of hydrogen-bond acceptors (Lipinski definition) is 5. The first kappa shape index (κ1) is 18.8. The molecule has 0 aliphatic heterocycles. The molecule has 0 radical (unpaired) electrons. The van der Waals surface area contributed by atoms with Crippen LogP contribution in [0.4, 0.5) is 19.3 Å². The molecule has 2 amide bonds. The van der Waals surface area contributed by atoms with Gasteiger partial charge in [-0.3, -0.25) is 0 Å². The van der Waals surface area contributed by atoms with Crippen LogP contribution in [0, 0.1) is 11.6 Å². The SMILES string of the molecule is CCCN(Cc1nc(C(=O)OC)cs1)C(=O)Nc1ccc(F)cc1F. The van der Waals surface area contributed by atoms with Gasteiger partial charge in [-0.05, 0) is 18.6 Å². The zero-order valence-electron chi connectivity index (χ0n) is 13.7. The van der Waals surface area contributed by atoms with Gasteiger partial charge in [-0.15, -0.1) is 11.3 Å². The molecule has 0 fully saturated rings. The number of rotatable bonds is 6. The van der Waals surface area contributed by atoms with Crippen LogP contribution >= 0.6 is 11.3 Å². The van der Waals surface area contributed by atoms with Crippen molar-refractivity contribution in [3.8, 4) is 0 Å². The fraction of sp³-hybridized carbons (Fsp3) is 0.312. The summed E-state index contributed by atoms with van der Waals surface area (Å²) in [4.78, 5) is 29.4. The van der Waals surface area contributed by atoms with E-state index in [1.54, 1.807) is 5.38 Å². The molecule has 0 atom stereocenters. The van der Waals surface area contributed by atoms with Crippen molar-refractivity contribution in [2.45, 2.75) is 19.9 Å². The van der Waals surface area contributed by atoms with Gasteiger partial charge in [0.25, 0.3) is 0 Å². The second-order valence-electron chi connectivity index (χ2n) is 5.09. The summed E-state index contributed by atoms with van der Waals surface area (Å²) in [5.41, 5.74) is 0.0610. The van der Waals surface area contributed by atoms with Gasteiger partial charge in [-0.25, -0.2) is 23.4 Å². The lowest BCUT2D eigenvalue weighted by molar-refractivity contribution is 0.0594. The third kappa shape index (κ3) is 4.96. The van der Waals surface area contributed by atoms with Gasteiger partial charge in [0.15, 0.2) is 5.69 Å². The van der Waals surface area contributed by atoms with Gasteiger partial charge in [-0.1, -0.05) is 6.92 Å². The first-order chi connectivity index (χ1) is 11.9. The Hall–Kier alpha value is -2.55. The highest BCUT2D eigenvalue weighted by molar-refractivity contribution is 7.09. The van der Waals surface area contributed by atoms with Crippen molar-refractivity contribution >= 4 is 29.0 Å². The number of hydrogen-bond donors (Lipinski definition) is 1. The minimum Gasteiger partial charge on any atom is -0.464 e.